The standard InChI is InChI=1S/C19H18ClF3N2O3S/c20-17-7-6-15(12-16(17)19(21,22)23)29(27,28)25-10-8-14(9-11-25)24-18(26)13-4-2-1-3-5-13/h1-7,12,14H,8-11H2,(H,24,26). The van der Waals surface area contributed by atoms with Crippen LogP contribution >= 0.6 is 11.6 Å². The summed E-state index contributed by atoms with van der Waals surface area (Å²) in [7, 11) is -4.10. The number of hydrogen-bond acceptors (Lipinski definition) is 3. The topological polar surface area (TPSA) is 66.5 Å². The molecule has 0 saturated carbocycles. The first-order chi connectivity index (χ1) is 13.6. The molecule has 156 valence electrons. The van der Waals surface area contributed by atoms with Crippen molar-refractivity contribution < 1.29 is 26.4 Å². The van der Waals surface area contributed by atoms with Crippen LogP contribution in [0.15, 0.2) is 53.4 Å². The molecule has 1 heterocycles. The number of carbonyl (C=O) groups excluding carboxylic acids is 1. The van der Waals surface area contributed by atoms with Crippen LogP contribution in [0.1, 0.15) is 28.8 Å². The fraction of sp³-hybridized carbons (Fsp3) is 0.316. The lowest BCUT2D eigenvalue weighted by Crippen LogP contribution is -2.46. The number of hydrogen-bond donors (Lipinski definition) is 1. The molecule has 2 aromatic rings. The van der Waals surface area contributed by atoms with Gasteiger partial charge >= 0.3 is 6.18 Å². The third-order valence-electron chi connectivity index (χ3n) is 4.71. The Labute approximate surface area is 171 Å². The van der Waals surface area contributed by atoms with E-state index in [2.05, 4.69) is 5.32 Å². The van der Waals surface area contributed by atoms with E-state index < -0.39 is 31.7 Å². The van der Waals surface area contributed by atoms with Crippen molar-refractivity contribution in [2.75, 3.05) is 13.1 Å². The molecule has 0 atom stereocenters. The highest BCUT2D eigenvalue weighted by atomic mass is 35.5. The summed E-state index contributed by atoms with van der Waals surface area (Å²) >= 11 is 5.57. The molecule has 0 unspecified atom stereocenters. The molecule has 0 radical (unpaired) electrons. The number of amides is 1. The maximum atomic E-state index is 13.0. The Bertz CT molecular complexity index is 990. The molecule has 0 aliphatic carbocycles. The van der Waals surface area contributed by atoms with Crippen molar-refractivity contribution in [3.05, 3.63) is 64.7 Å². The molecule has 2 aromatic carbocycles. The minimum atomic E-state index is -4.75. The number of piperidine rings is 1. The Hall–Kier alpha value is -2.10. The highest BCUT2D eigenvalue weighted by molar-refractivity contribution is 7.89. The number of carbonyl (C=O) groups is 1. The van der Waals surface area contributed by atoms with Crippen molar-refractivity contribution in [2.24, 2.45) is 0 Å². The SMILES string of the molecule is O=C(NC1CCN(S(=O)(=O)c2ccc(Cl)c(C(F)(F)F)c2)CC1)c1ccccc1. The van der Waals surface area contributed by atoms with Gasteiger partial charge in [-0.3, -0.25) is 4.79 Å². The monoisotopic (exact) mass is 446 g/mol. The molecule has 0 aromatic heterocycles. The average molecular weight is 447 g/mol. The average Bonchev–Trinajstić information content (AvgIpc) is 2.68. The molecule has 29 heavy (non-hydrogen) atoms. The summed E-state index contributed by atoms with van der Waals surface area (Å²) in [5.41, 5.74) is -0.686. The van der Waals surface area contributed by atoms with Crippen molar-refractivity contribution in [2.45, 2.75) is 30.0 Å². The highest BCUT2D eigenvalue weighted by Crippen LogP contribution is 2.36. The van der Waals surface area contributed by atoms with E-state index in [0.29, 0.717) is 24.5 Å². The molecule has 1 aliphatic heterocycles. The zero-order chi connectivity index (χ0) is 21.2. The predicted octanol–water partition coefficient (Wildman–Crippen LogP) is 3.94. The maximum absolute atomic E-state index is 13.0. The number of alkyl halides is 3. The van der Waals surface area contributed by atoms with Gasteiger partial charge in [0, 0.05) is 24.7 Å². The van der Waals surface area contributed by atoms with Gasteiger partial charge in [0.1, 0.15) is 0 Å². The predicted molar refractivity (Wildman–Crippen MR) is 102 cm³/mol. The molecule has 3 rings (SSSR count). The number of nitrogens with one attached hydrogen (secondary N) is 1. The third kappa shape index (κ3) is 4.91. The van der Waals surface area contributed by atoms with Crippen LogP contribution in [0.25, 0.3) is 0 Å². The Balaban J connectivity index is 1.68. The number of benzene rings is 2. The van der Waals surface area contributed by atoms with Crippen LogP contribution in [0, 0.1) is 0 Å². The van der Waals surface area contributed by atoms with Crippen LogP contribution in [-0.2, 0) is 16.2 Å². The van der Waals surface area contributed by atoms with Crippen molar-refractivity contribution in [3.8, 4) is 0 Å². The fourth-order valence-corrected chi connectivity index (χ4v) is 4.85. The van der Waals surface area contributed by atoms with E-state index in [4.69, 9.17) is 11.6 Å². The number of nitrogens with zero attached hydrogens (tertiary/aromatic N) is 1. The highest BCUT2D eigenvalue weighted by Gasteiger charge is 2.36. The molecular weight excluding hydrogens is 429 g/mol. The van der Waals surface area contributed by atoms with Crippen LogP contribution in [-0.4, -0.2) is 37.8 Å². The van der Waals surface area contributed by atoms with Crippen molar-refractivity contribution >= 4 is 27.5 Å². The maximum Gasteiger partial charge on any atom is 0.417 e. The molecular formula is C19H18ClF3N2O3S. The van der Waals surface area contributed by atoms with Crippen LogP contribution < -0.4 is 5.32 Å². The van der Waals surface area contributed by atoms with Crippen LogP contribution in [0.2, 0.25) is 5.02 Å². The zero-order valence-electron chi connectivity index (χ0n) is 15.1. The van der Waals surface area contributed by atoms with Crippen molar-refractivity contribution in [1.82, 2.24) is 9.62 Å². The Morgan fingerprint density at radius 2 is 1.69 bits per heavy atom. The van der Waals surface area contributed by atoms with Crippen molar-refractivity contribution in [1.29, 1.82) is 0 Å². The minimum absolute atomic E-state index is 0.0893. The Kier molecular flexibility index (Phi) is 6.21. The van der Waals surface area contributed by atoms with E-state index in [9.17, 15) is 26.4 Å². The lowest BCUT2D eigenvalue weighted by atomic mass is 10.1. The van der Waals surface area contributed by atoms with E-state index in [-0.39, 0.29) is 25.0 Å². The lowest BCUT2D eigenvalue weighted by molar-refractivity contribution is -0.137. The van der Waals surface area contributed by atoms with Gasteiger partial charge in [-0.1, -0.05) is 29.8 Å². The summed E-state index contributed by atoms with van der Waals surface area (Å²) in [5.74, 6) is -0.251. The van der Waals surface area contributed by atoms with Gasteiger partial charge in [-0.15, -0.1) is 0 Å². The molecule has 0 spiro atoms. The van der Waals surface area contributed by atoms with E-state index in [1.807, 2.05) is 0 Å². The Morgan fingerprint density at radius 1 is 1.07 bits per heavy atom. The molecule has 1 N–H and O–H groups in total. The molecule has 5 nitrogen and oxygen atoms in total. The largest absolute Gasteiger partial charge is 0.417 e. The first-order valence-corrected chi connectivity index (χ1v) is 10.6. The summed E-state index contributed by atoms with van der Waals surface area (Å²) in [6.07, 6.45) is -4.04. The first kappa shape index (κ1) is 21.6. The van der Waals surface area contributed by atoms with Gasteiger partial charge in [0.15, 0.2) is 0 Å². The van der Waals surface area contributed by atoms with Gasteiger partial charge < -0.3 is 5.32 Å². The zero-order valence-corrected chi connectivity index (χ0v) is 16.7. The van der Waals surface area contributed by atoms with E-state index >= 15 is 0 Å². The first-order valence-electron chi connectivity index (χ1n) is 8.82. The third-order valence-corrected chi connectivity index (χ3v) is 6.93. The van der Waals surface area contributed by atoms with E-state index in [0.717, 1.165) is 16.4 Å². The van der Waals surface area contributed by atoms with Gasteiger partial charge in [-0.2, -0.15) is 17.5 Å². The Morgan fingerprint density at radius 3 is 2.28 bits per heavy atom. The molecule has 1 saturated heterocycles. The minimum Gasteiger partial charge on any atom is -0.349 e. The second-order valence-corrected chi connectivity index (χ2v) is 9.00. The number of rotatable bonds is 4. The van der Waals surface area contributed by atoms with Crippen molar-refractivity contribution in [3.63, 3.8) is 0 Å². The number of sulfonamides is 1. The molecule has 10 heteroatoms. The summed E-state index contributed by atoms with van der Waals surface area (Å²) in [6, 6.07) is 11.0. The summed E-state index contributed by atoms with van der Waals surface area (Å²) < 4.78 is 65.8. The van der Waals surface area contributed by atoms with Gasteiger partial charge in [0.05, 0.1) is 15.5 Å². The van der Waals surface area contributed by atoms with Gasteiger partial charge in [0.25, 0.3) is 5.91 Å². The normalized spacial score (nSPS) is 16.6. The molecule has 1 fully saturated rings. The van der Waals surface area contributed by atoms with Crippen LogP contribution in [0.5, 0.6) is 0 Å². The molecule has 1 aliphatic rings. The lowest BCUT2D eigenvalue weighted by Gasteiger charge is -2.31. The van der Waals surface area contributed by atoms with Gasteiger partial charge in [0.2, 0.25) is 10.0 Å². The summed E-state index contributed by atoms with van der Waals surface area (Å²) in [6.45, 7) is 0.179. The van der Waals surface area contributed by atoms with Gasteiger partial charge in [-0.25, -0.2) is 8.42 Å². The molecule has 0 bridgehead atoms. The van der Waals surface area contributed by atoms with Crippen LogP contribution in [0.3, 0.4) is 0 Å². The van der Waals surface area contributed by atoms with Crippen LogP contribution in [0.4, 0.5) is 13.2 Å². The summed E-state index contributed by atoms with van der Waals surface area (Å²) in [4.78, 5) is 11.8. The van der Waals surface area contributed by atoms with Gasteiger partial charge in [-0.05, 0) is 43.2 Å². The quantitative estimate of drug-likeness (QED) is 0.773. The second-order valence-electron chi connectivity index (χ2n) is 6.66. The summed E-state index contributed by atoms with van der Waals surface area (Å²) in [5, 5.41) is 2.30. The number of halogens is 4. The smallest absolute Gasteiger partial charge is 0.349 e. The van der Waals surface area contributed by atoms with E-state index in [1.165, 1.54) is 0 Å². The fourth-order valence-electron chi connectivity index (χ4n) is 3.13. The second kappa shape index (κ2) is 8.33. The van der Waals surface area contributed by atoms with E-state index in [1.54, 1.807) is 30.3 Å². The molecule has 1 amide bonds.